The lowest BCUT2D eigenvalue weighted by Crippen LogP contribution is -2.52. The third-order valence-electron chi connectivity index (χ3n) is 3.72. The number of hydrogen-bond donors (Lipinski definition) is 3. The summed E-state index contributed by atoms with van der Waals surface area (Å²) in [4.78, 5) is 36.7. The number of nitrogens with two attached hydrogens (primary N) is 1. The fourth-order valence-electron chi connectivity index (χ4n) is 2.68. The summed E-state index contributed by atoms with van der Waals surface area (Å²) in [7, 11) is 0. The molecule has 1 fully saturated rings. The first kappa shape index (κ1) is 12.5. The van der Waals surface area contributed by atoms with Gasteiger partial charge in [0.25, 0.3) is 5.91 Å². The van der Waals surface area contributed by atoms with Gasteiger partial charge in [0, 0.05) is 24.2 Å². The van der Waals surface area contributed by atoms with Crippen LogP contribution in [0.2, 0.25) is 0 Å². The van der Waals surface area contributed by atoms with Crippen molar-refractivity contribution in [2.75, 3.05) is 5.73 Å². The number of hydrogen-bond acceptors (Lipinski definition) is 5. The predicted octanol–water partition coefficient (Wildman–Crippen LogP) is -0.265. The first-order chi connectivity index (χ1) is 9.49. The summed E-state index contributed by atoms with van der Waals surface area (Å²) in [5.74, 6) is -1.40. The van der Waals surface area contributed by atoms with Gasteiger partial charge in [0.2, 0.25) is 11.8 Å². The van der Waals surface area contributed by atoms with E-state index in [9.17, 15) is 19.5 Å². The maximum Gasteiger partial charge on any atom is 0.259 e. The molecule has 0 radical (unpaired) electrons. The molecular formula is C13H13N3O4. The number of anilines is 1. The van der Waals surface area contributed by atoms with Gasteiger partial charge in [-0.05, 0) is 18.6 Å². The summed E-state index contributed by atoms with van der Waals surface area (Å²) in [5.41, 5.74) is 6.89. The van der Waals surface area contributed by atoms with Crippen molar-refractivity contribution in [1.29, 1.82) is 0 Å². The summed E-state index contributed by atoms with van der Waals surface area (Å²) in [6, 6.07) is 2.18. The molecule has 0 bridgehead atoms. The molecule has 0 aliphatic carbocycles. The highest BCUT2D eigenvalue weighted by Gasteiger charge is 2.40. The number of piperidine rings is 1. The number of phenolic OH excluding ortho intramolecular Hbond substituents is 1. The van der Waals surface area contributed by atoms with Gasteiger partial charge in [-0.1, -0.05) is 0 Å². The Morgan fingerprint density at radius 3 is 2.70 bits per heavy atom. The maximum atomic E-state index is 12.3. The van der Waals surface area contributed by atoms with Crippen LogP contribution in [0.1, 0.15) is 28.8 Å². The van der Waals surface area contributed by atoms with E-state index in [0.29, 0.717) is 11.3 Å². The van der Waals surface area contributed by atoms with Crippen molar-refractivity contribution in [2.24, 2.45) is 0 Å². The Bertz CT molecular complexity index is 641. The lowest BCUT2D eigenvalue weighted by atomic mass is 10.0. The van der Waals surface area contributed by atoms with Gasteiger partial charge in [-0.15, -0.1) is 0 Å². The van der Waals surface area contributed by atoms with Crippen LogP contribution >= 0.6 is 0 Å². The SMILES string of the molecule is Nc1ccc(O)c2c1CN(C1CCC(=O)NC1=O)C2=O. The highest BCUT2D eigenvalue weighted by molar-refractivity contribution is 6.07. The number of nitrogen functional groups attached to an aromatic ring is 1. The van der Waals surface area contributed by atoms with Gasteiger partial charge in [0.1, 0.15) is 11.8 Å². The van der Waals surface area contributed by atoms with Crippen molar-refractivity contribution in [1.82, 2.24) is 10.2 Å². The summed E-state index contributed by atoms with van der Waals surface area (Å²) >= 11 is 0. The Balaban J connectivity index is 1.94. The van der Waals surface area contributed by atoms with Crippen LogP contribution < -0.4 is 11.1 Å². The molecule has 4 N–H and O–H groups in total. The minimum absolute atomic E-state index is 0.144. The number of rotatable bonds is 1. The number of benzene rings is 1. The van der Waals surface area contributed by atoms with E-state index in [4.69, 9.17) is 5.73 Å². The molecule has 1 aromatic carbocycles. The van der Waals surface area contributed by atoms with E-state index in [-0.39, 0.29) is 36.6 Å². The maximum absolute atomic E-state index is 12.3. The second kappa shape index (κ2) is 4.22. The third kappa shape index (κ3) is 1.70. The molecule has 20 heavy (non-hydrogen) atoms. The second-order valence-corrected chi connectivity index (χ2v) is 4.93. The van der Waals surface area contributed by atoms with E-state index in [1.54, 1.807) is 0 Å². The molecule has 1 unspecified atom stereocenters. The van der Waals surface area contributed by atoms with Gasteiger partial charge in [-0.3, -0.25) is 19.7 Å². The molecule has 1 saturated heterocycles. The lowest BCUT2D eigenvalue weighted by molar-refractivity contribution is -0.136. The Morgan fingerprint density at radius 1 is 1.30 bits per heavy atom. The molecule has 1 aromatic rings. The van der Waals surface area contributed by atoms with Crippen LogP contribution in [0.15, 0.2) is 12.1 Å². The molecule has 7 nitrogen and oxygen atoms in total. The Morgan fingerprint density at radius 2 is 2.05 bits per heavy atom. The third-order valence-corrected chi connectivity index (χ3v) is 3.72. The Labute approximate surface area is 114 Å². The van der Waals surface area contributed by atoms with E-state index in [0.717, 1.165) is 0 Å². The van der Waals surface area contributed by atoms with Gasteiger partial charge in [-0.2, -0.15) is 0 Å². The smallest absolute Gasteiger partial charge is 0.259 e. The zero-order chi connectivity index (χ0) is 14.4. The number of fused-ring (bicyclic) bond motifs is 1. The number of imide groups is 1. The summed E-state index contributed by atoms with van der Waals surface area (Å²) < 4.78 is 0. The highest BCUT2D eigenvalue weighted by atomic mass is 16.3. The highest BCUT2D eigenvalue weighted by Crippen LogP contribution is 2.36. The Kier molecular flexibility index (Phi) is 2.63. The number of nitrogens with one attached hydrogen (secondary N) is 1. The number of phenols is 1. The first-order valence-electron chi connectivity index (χ1n) is 6.24. The fourth-order valence-corrected chi connectivity index (χ4v) is 2.68. The van der Waals surface area contributed by atoms with Crippen molar-refractivity contribution in [3.63, 3.8) is 0 Å². The van der Waals surface area contributed by atoms with Crippen LogP contribution in [-0.4, -0.2) is 33.8 Å². The monoisotopic (exact) mass is 275 g/mol. The van der Waals surface area contributed by atoms with Crippen molar-refractivity contribution < 1.29 is 19.5 Å². The topological polar surface area (TPSA) is 113 Å². The molecule has 3 amide bonds. The molecule has 2 heterocycles. The number of aromatic hydroxyl groups is 1. The molecule has 104 valence electrons. The normalized spacial score (nSPS) is 21.9. The van der Waals surface area contributed by atoms with Gasteiger partial charge in [0.15, 0.2) is 0 Å². The van der Waals surface area contributed by atoms with Gasteiger partial charge in [-0.25, -0.2) is 0 Å². The lowest BCUT2D eigenvalue weighted by Gasteiger charge is -2.29. The number of carbonyl (C=O) groups is 3. The predicted molar refractivity (Wildman–Crippen MR) is 68.6 cm³/mol. The van der Waals surface area contributed by atoms with Crippen molar-refractivity contribution in [3.8, 4) is 5.75 Å². The average molecular weight is 275 g/mol. The van der Waals surface area contributed by atoms with E-state index < -0.39 is 17.9 Å². The molecule has 3 rings (SSSR count). The average Bonchev–Trinajstić information content (AvgIpc) is 2.73. The van der Waals surface area contributed by atoms with Crippen LogP contribution in [0.25, 0.3) is 0 Å². The Hall–Kier alpha value is -2.57. The largest absolute Gasteiger partial charge is 0.507 e. The van der Waals surface area contributed by atoms with Gasteiger partial charge in [0.05, 0.1) is 5.56 Å². The van der Waals surface area contributed by atoms with E-state index >= 15 is 0 Å². The minimum atomic E-state index is -0.702. The summed E-state index contributed by atoms with van der Waals surface area (Å²) in [6.45, 7) is 0.167. The molecule has 2 aliphatic heterocycles. The molecule has 0 spiro atoms. The van der Waals surface area contributed by atoms with Crippen LogP contribution in [-0.2, 0) is 16.1 Å². The minimum Gasteiger partial charge on any atom is -0.507 e. The van der Waals surface area contributed by atoms with E-state index in [1.165, 1.54) is 17.0 Å². The summed E-state index contributed by atoms with van der Waals surface area (Å²) in [5, 5.41) is 12.0. The summed E-state index contributed by atoms with van der Waals surface area (Å²) in [6.07, 6.45) is 0.475. The fraction of sp³-hybridized carbons (Fsp3) is 0.308. The molecule has 2 aliphatic rings. The number of carbonyl (C=O) groups excluding carboxylic acids is 3. The van der Waals surface area contributed by atoms with Crippen molar-refractivity contribution >= 4 is 23.4 Å². The van der Waals surface area contributed by atoms with Crippen molar-refractivity contribution in [2.45, 2.75) is 25.4 Å². The number of amides is 3. The molecular weight excluding hydrogens is 262 g/mol. The molecule has 0 aromatic heterocycles. The van der Waals surface area contributed by atoms with Gasteiger partial charge >= 0.3 is 0 Å². The molecule has 7 heteroatoms. The molecule has 1 atom stereocenters. The van der Waals surface area contributed by atoms with Gasteiger partial charge < -0.3 is 15.7 Å². The van der Waals surface area contributed by atoms with Crippen LogP contribution in [0.5, 0.6) is 5.75 Å². The van der Waals surface area contributed by atoms with E-state index in [2.05, 4.69) is 5.32 Å². The quantitative estimate of drug-likeness (QED) is 0.371. The first-order valence-corrected chi connectivity index (χ1v) is 6.24. The number of nitrogens with zero attached hydrogens (tertiary/aromatic N) is 1. The van der Waals surface area contributed by atoms with Crippen LogP contribution in [0.4, 0.5) is 5.69 Å². The van der Waals surface area contributed by atoms with E-state index in [1.807, 2.05) is 0 Å². The standard InChI is InChI=1S/C13H13N3O4/c14-7-1-3-9(17)11-6(7)5-16(13(11)20)8-2-4-10(18)15-12(8)19/h1,3,8,17H,2,4-5,14H2,(H,15,18,19). The molecule has 0 saturated carbocycles. The van der Waals surface area contributed by atoms with Crippen molar-refractivity contribution in [3.05, 3.63) is 23.3 Å². The van der Waals surface area contributed by atoms with Crippen LogP contribution in [0.3, 0.4) is 0 Å². The second-order valence-electron chi connectivity index (χ2n) is 4.93. The zero-order valence-corrected chi connectivity index (χ0v) is 10.5. The zero-order valence-electron chi connectivity index (χ0n) is 10.5. The van der Waals surface area contributed by atoms with Crippen LogP contribution in [0, 0.1) is 0 Å².